The van der Waals surface area contributed by atoms with Crippen molar-refractivity contribution < 1.29 is 9.90 Å². The van der Waals surface area contributed by atoms with E-state index in [0.717, 1.165) is 10.8 Å². The van der Waals surface area contributed by atoms with Gasteiger partial charge < -0.3 is 14.9 Å². The summed E-state index contributed by atoms with van der Waals surface area (Å²) in [7, 11) is 3.76. The van der Waals surface area contributed by atoms with Gasteiger partial charge >= 0.3 is 5.97 Å². The zero-order chi connectivity index (χ0) is 15.7. The molecule has 22 heavy (non-hydrogen) atoms. The quantitative estimate of drug-likeness (QED) is 0.909. The van der Waals surface area contributed by atoms with Gasteiger partial charge in [-0.2, -0.15) is 9.36 Å². The number of hydrogen-bond acceptors (Lipinski definition) is 7. The second-order valence-corrected chi connectivity index (χ2v) is 6.21. The topological polar surface area (TPSA) is 82.5 Å². The van der Waals surface area contributed by atoms with Gasteiger partial charge in [0.25, 0.3) is 0 Å². The smallest absolute Gasteiger partial charge is 0.309 e. The fraction of sp³-hybridized carbons (Fsp3) is 0.429. The Balaban J connectivity index is 1.85. The van der Waals surface area contributed by atoms with Crippen molar-refractivity contribution >= 4 is 28.6 Å². The molecule has 2 unspecified atom stereocenters. The molecule has 1 aliphatic rings. The Kier molecular flexibility index (Phi) is 3.93. The van der Waals surface area contributed by atoms with E-state index in [-0.39, 0.29) is 5.92 Å². The van der Waals surface area contributed by atoms with Crippen molar-refractivity contribution in [2.45, 2.75) is 5.92 Å². The van der Waals surface area contributed by atoms with E-state index in [4.69, 9.17) is 0 Å². The Hall–Kier alpha value is -2.22. The summed E-state index contributed by atoms with van der Waals surface area (Å²) in [5.41, 5.74) is 0.815. The van der Waals surface area contributed by atoms with Gasteiger partial charge in [0.05, 0.1) is 5.92 Å². The number of anilines is 2. The minimum absolute atomic E-state index is 0.134. The highest BCUT2D eigenvalue weighted by atomic mass is 32.1. The van der Waals surface area contributed by atoms with E-state index in [0.29, 0.717) is 19.0 Å². The van der Waals surface area contributed by atoms with E-state index < -0.39 is 11.9 Å². The molecule has 3 heterocycles. The van der Waals surface area contributed by atoms with Gasteiger partial charge in [0, 0.05) is 56.5 Å². The Morgan fingerprint density at radius 3 is 2.82 bits per heavy atom. The number of carbonyl (C=O) groups is 1. The van der Waals surface area contributed by atoms with Crippen molar-refractivity contribution in [1.29, 1.82) is 0 Å². The van der Waals surface area contributed by atoms with Crippen molar-refractivity contribution in [1.82, 2.24) is 14.3 Å². The average Bonchev–Trinajstić information content (AvgIpc) is 3.15. The molecule has 8 heteroatoms. The monoisotopic (exact) mass is 319 g/mol. The predicted octanol–water partition coefficient (Wildman–Crippen LogP) is 1.30. The predicted molar refractivity (Wildman–Crippen MR) is 84.6 cm³/mol. The maximum absolute atomic E-state index is 11.6. The molecule has 2 atom stereocenters. The third-order valence-corrected chi connectivity index (χ3v) is 4.55. The largest absolute Gasteiger partial charge is 0.481 e. The molecular formula is C14H17N5O2S. The standard InChI is InChI=1S/C14H17N5O2S/c1-18(2)13-16-14(22-17-13)19-7-9(10(8-19)12(20)21)11-5-3-4-6-15-11/h3-6,9-10H,7-8H2,1-2H3,(H,20,21). The molecule has 2 aromatic rings. The molecule has 116 valence electrons. The lowest BCUT2D eigenvalue weighted by Crippen LogP contribution is -2.23. The van der Waals surface area contributed by atoms with Crippen LogP contribution in [0, 0.1) is 5.92 Å². The van der Waals surface area contributed by atoms with Crippen LogP contribution in [0.15, 0.2) is 24.4 Å². The summed E-state index contributed by atoms with van der Waals surface area (Å²) in [6.45, 7) is 1.02. The van der Waals surface area contributed by atoms with Gasteiger partial charge in [-0.05, 0) is 12.1 Å². The van der Waals surface area contributed by atoms with Crippen LogP contribution in [0.5, 0.6) is 0 Å². The van der Waals surface area contributed by atoms with Crippen molar-refractivity contribution in [3.8, 4) is 0 Å². The van der Waals surface area contributed by atoms with Crippen LogP contribution in [0.3, 0.4) is 0 Å². The lowest BCUT2D eigenvalue weighted by atomic mass is 9.93. The summed E-state index contributed by atoms with van der Waals surface area (Å²) < 4.78 is 4.28. The lowest BCUT2D eigenvalue weighted by molar-refractivity contribution is -0.141. The first-order chi connectivity index (χ1) is 10.6. The Morgan fingerprint density at radius 2 is 2.23 bits per heavy atom. The molecule has 0 aromatic carbocycles. The van der Waals surface area contributed by atoms with Crippen molar-refractivity contribution in [3.63, 3.8) is 0 Å². The van der Waals surface area contributed by atoms with Crippen LogP contribution in [-0.2, 0) is 4.79 Å². The van der Waals surface area contributed by atoms with Gasteiger partial charge in [0.1, 0.15) is 0 Å². The van der Waals surface area contributed by atoms with E-state index in [9.17, 15) is 9.90 Å². The van der Waals surface area contributed by atoms with Crippen LogP contribution in [-0.4, -0.2) is 52.6 Å². The summed E-state index contributed by atoms with van der Waals surface area (Å²) in [6, 6.07) is 5.61. The second kappa shape index (κ2) is 5.88. The first kappa shape index (κ1) is 14.7. The number of carboxylic acids is 1. The molecule has 1 fully saturated rings. The van der Waals surface area contributed by atoms with Gasteiger partial charge in [0.15, 0.2) is 0 Å². The molecule has 1 N–H and O–H groups in total. The summed E-state index contributed by atoms with van der Waals surface area (Å²) >= 11 is 1.30. The zero-order valence-corrected chi connectivity index (χ0v) is 13.2. The van der Waals surface area contributed by atoms with Crippen LogP contribution < -0.4 is 9.80 Å². The summed E-state index contributed by atoms with van der Waals surface area (Å²) in [4.78, 5) is 24.2. The zero-order valence-electron chi connectivity index (χ0n) is 12.4. The molecule has 0 bridgehead atoms. The molecule has 3 rings (SSSR count). The summed E-state index contributed by atoms with van der Waals surface area (Å²) in [5.74, 6) is -0.768. The second-order valence-electron chi connectivity index (χ2n) is 5.48. The number of aromatic nitrogens is 3. The minimum atomic E-state index is -0.796. The molecule has 0 amide bonds. The van der Waals surface area contributed by atoms with Crippen LogP contribution in [0.25, 0.3) is 0 Å². The fourth-order valence-electron chi connectivity index (χ4n) is 2.62. The van der Waals surface area contributed by atoms with E-state index in [1.54, 1.807) is 6.20 Å². The van der Waals surface area contributed by atoms with E-state index >= 15 is 0 Å². The van der Waals surface area contributed by atoms with E-state index in [1.165, 1.54) is 11.5 Å². The molecule has 0 saturated carbocycles. The molecule has 0 radical (unpaired) electrons. The van der Waals surface area contributed by atoms with Crippen molar-refractivity contribution in [2.24, 2.45) is 5.92 Å². The number of pyridine rings is 1. The van der Waals surface area contributed by atoms with Crippen LogP contribution in [0.4, 0.5) is 11.1 Å². The number of nitrogens with zero attached hydrogens (tertiary/aromatic N) is 5. The van der Waals surface area contributed by atoms with Crippen molar-refractivity contribution in [2.75, 3.05) is 37.0 Å². The first-order valence-corrected chi connectivity index (χ1v) is 7.73. The van der Waals surface area contributed by atoms with Gasteiger partial charge in [-0.1, -0.05) is 6.07 Å². The highest BCUT2D eigenvalue weighted by molar-refractivity contribution is 7.09. The number of hydrogen-bond donors (Lipinski definition) is 1. The minimum Gasteiger partial charge on any atom is -0.481 e. The van der Waals surface area contributed by atoms with Gasteiger partial charge in [0.2, 0.25) is 11.1 Å². The fourth-order valence-corrected chi connectivity index (χ4v) is 3.38. The number of carboxylic acid groups (broad SMARTS) is 1. The third-order valence-electron chi connectivity index (χ3n) is 3.78. The highest BCUT2D eigenvalue weighted by Crippen LogP contribution is 2.35. The number of rotatable bonds is 4. The SMILES string of the molecule is CN(C)c1nsc(N2CC(C(=O)O)C(c3ccccn3)C2)n1. The van der Waals surface area contributed by atoms with Crippen molar-refractivity contribution in [3.05, 3.63) is 30.1 Å². The van der Waals surface area contributed by atoms with Crippen LogP contribution in [0.1, 0.15) is 11.6 Å². The molecule has 1 aliphatic heterocycles. The maximum Gasteiger partial charge on any atom is 0.309 e. The van der Waals surface area contributed by atoms with Crippen LogP contribution in [0.2, 0.25) is 0 Å². The van der Waals surface area contributed by atoms with Gasteiger partial charge in [-0.3, -0.25) is 9.78 Å². The number of aliphatic carboxylic acids is 1. The Bertz CT molecular complexity index is 660. The molecular weight excluding hydrogens is 302 g/mol. The van der Waals surface area contributed by atoms with Crippen LogP contribution >= 0.6 is 11.5 Å². The lowest BCUT2D eigenvalue weighted by Gasteiger charge is -2.14. The third kappa shape index (κ3) is 2.74. The molecule has 0 aliphatic carbocycles. The molecule has 7 nitrogen and oxygen atoms in total. The molecule has 0 spiro atoms. The van der Waals surface area contributed by atoms with Gasteiger partial charge in [-0.15, -0.1) is 0 Å². The first-order valence-electron chi connectivity index (χ1n) is 6.96. The highest BCUT2D eigenvalue weighted by Gasteiger charge is 2.40. The van der Waals surface area contributed by atoms with E-state index in [1.807, 2.05) is 42.1 Å². The van der Waals surface area contributed by atoms with Gasteiger partial charge in [-0.25, -0.2) is 0 Å². The molecule has 1 saturated heterocycles. The Labute approximate surface area is 132 Å². The normalized spacial score (nSPS) is 21.1. The summed E-state index contributed by atoms with van der Waals surface area (Å²) in [6.07, 6.45) is 1.70. The maximum atomic E-state index is 11.6. The summed E-state index contributed by atoms with van der Waals surface area (Å²) in [5, 5.41) is 10.3. The molecule has 2 aromatic heterocycles. The average molecular weight is 319 g/mol. The Morgan fingerprint density at radius 1 is 1.41 bits per heavy atom. The van der Waals surface area contributed by atoms with E-state index in [2.05, 4.69) is 14.3 Å².